The summed E-state index contributed by atoms with van der Waals surface area (Å²) in [6, 6.07) is 0. The summed E-state index contributed by atoms with van der Waals surface area (Å²) in [5, 5.41) is 0. The van der Waals surface area contributed by atoms with Crippen LogP contribution in [0.25, 0.3) is 0 Å². The van der Waals surface area contributed by atoms with Crippen LogP contribution in [0.2, 0.25) is 0 Å². The van der Waals surface area contributed by atoms with Crippen molar-refractivity contribution in [3.8, 4) is 0 Å². The van der Waals surface area contributed by atoms with E-state index in [2.05, 4.69) is 6.58 Å². The molecule has 0 rings (SSSR count). The Morgan fingerprint density at radius 1 is 1.40 bits per heavy atom. The fourth-order valence-corrected chi connectivity index (χ4v) is 1.50. The van der Waals surface area contributed by atoms with Gasteiger partial charge in [0, 0.05) is 19.3 Å². The first-order valence-corrected chi connectivity index (χ1v) is 5.26. The molecule has 3 atom stereocenters. The average molecular weight is 212 g/mol. The van der Waals surface area contributed by atoms with E-state index < -0.39 is 6.10 Å². The quantitative estimate of drug-likeness (QED) is 0.501. The molecule has 0 fully saturated rings. The Labute approximate surface area is 91.5 Å². The maximum atomic E-state index is 11.5. The Morgan fingerprint density at radius 3 is 2.27 bits per heavy atom. The fraction of sp³-hybridized carbons (Fsp3) is 0.667. The largest absolute Gasteiger partial charge is 0.461 e. The van der Waals surface area contributed by atoms with Crippen molar-refractivity contribution in [3.63, 3.8) is 0 Å². The van der Waals surface area contributed by atoms with Gasteiger partial charge in [-0.05, 0) is 0 Å². The van der Waals surface area contributed by atoms with Gasteiger partial charge < -0.3 is 4.74 Å². The molecular weight excluding hydrogens is 192 g/mol. The van der Waals surface area contributed by atoms with Gasteiger partial charge in [-0.1, -0.05) is 26.8 Å². The first-order valence-electron chi connectivity index (χ1n) is 5.26. The van der Waals surface area contributed by atoms with Gasteiger partial charge in [0.25, 0.3) is 0 Å². The molecule has 15 heavy (non-hydrogen) atoms. The normalized spacial score (nSPS) is 16.3. The zero-order valence-corrected chi connectivity index (χ0v) is 9.95. The zero-order chi connectivity index (χ0) is 12.0. The third kappa shape index (κ3) is 4.28. The highest BCUT2D eigenvalue weighted by atomic mass is 16.5. The van der Waals surface area contributed by atoms with Crippen molar-refractivity contribution in [2.24, 2.45) is 11.8 Å². The Balaban J connectivity index is 4.68. The molecular formula is C12H20O3. The molecule has 0 heterocycles. The molecule has 0 aromatic carbocycles. The first-order chi connectivity index (χ1) is 6.93. The van der Waals surface area contributed by atoms with Crippen LogP contribution in [0.3, 0.4) is 0 Å². The van der Waals surface area contributed by atoms with Crippen molar-refractivity contribution in [2.45, 2.75) is 40.2 Å². The first kappa shape index (κ1) is 13.9. The Kier molecular flexibility index (Phi) is 5.90. The number of carbonyl (C=O) groups excluding carboxylic acids is 2. The lowest BCUT2D eigenvalue weighted by atomic mass is 9.89. The third-order valence-electron chi connectivity index (χ3n) is 2.54. The minimum absolute atomic E-state index is 0.0144. The third-order valence-corrected chi connectivity index (χ3v) is 2.54. The predicted octanol–water partition coefficient (Wildman–Crippen LogP) is 2.36. The molecule has 0 amide bonds. The van der Waals surface area contributed by atoms with Crippen molar-refractivity contribution in [2.75, 3.05) is 0 Å². The number of Topliss-reactive ketones (excluding diaryl/α,β-unsaturated/α-hetero) is 1. The minimum atomic E-state index is -0.396. The Morgan fingerprint density at radius 2 is 1.93 bits per heavy atom. The SMILES string of the molecule is C=C[C@@H](C)[C@H](OC(C)=O)[C@@H](C)C(=O)CC. The van der Waals surface area contributed by atoms with Crippen LogP contribution >= 0.6 is 0 Å². The van der Waals surface area contributed by atoms with Gasteiger partial charge >= 0.3 is 5.97 Å². The van der Waals surface area contributed by atoms with Crippen molar-refractivity contribution in [1.29, 1.82) is 0 Å². The van der Waals surface area contributed by atoms with Gasteiger partial charge in [-0.3, -0.25) is 9.59 Å². The summed E-state index contributed by atoms with van der Waals surface area (Å²) in [6.07, 6.45) is 1.77. The van der Waals surface area contributed by atoms with E-state index in [4.69, 9.17) is 4.74 Å². The maximum Gasteiger partial charge on any atom is 0.302 e. The van der Waals surface area contributed by atoms with Crippen LogP contribution in [0, 0.1) is 11.8 Å². The second-order valence-electron chi connectivity index (χ2n) is 3.78. The summed E-state index contributed by atoms with van der Waals surface area (Å²) < 4.78 is 5.16. The van der Waals surface area contributed by atoms with E-state index >= 15 is 0 Å². The van der Waals surface area contributed by atoms with E-state index in [0.29, 0.717) is 6.42 Å². The van der Waals surface area contributed by atoms with Gasteiger partial charge in [-0.25, -0.2) is 0 Å². The lowest BCUT2D eigenvalue weighted by Crippen LogP contribution is -2.34. The highest BCUT2D eigenvalue weighted by molar-refractivity contribution is 5.81. The van der Waals surface area contributed by atoms with Crippen LogP contribution in [0.4, 0.5) is 0 Å². The van der Waals surface area contributed by atoms with Crippen LogP contribution in [-0.4, -0.2) is 17.9 Å². The van der Waals surface area contributed by atoms with Crippen molar-refractivity contribution in [3.05, 3.63) is 12.7 Å². The molecule has 0 spiro atoms. The molecule has 0 aliphatic heterocycles. The average Bonchev–Trinajstić information content (AvgIpc) is 2.22. The van der Waals surface area contributed by atoms with Gasteiger partial charge in [-0.15, -0.1) is 6.58 Å². The summed E-state index contributed by atoms with van der Waals surface area (Å²) in [4.78, 5) is 22.5. The van der Waals surface area contributed by atoms with Gasteiger partial charge in [-0.2, -0.15) is 0 Å². The molecule has 0 aliphatic rings. The number of hydrogen-bond donors (Lipinski definition) is 0. The van der Waals surface area contributed by atoms with Crippen LogP contribution < -0.4 is 0 Å². The van der Waals surface area contributed by atoms with Gasteiger partial charge in [0.05, 0.1) is 5.92 Å². The van der Waals surface area contributed by atoms with E-state index in [1.807, 2.05) is 13.8 Å². The molecule has 0 saturated heterocycles. The molecule has 0 aromatic heterocycles. The summed E-state index contributed by atoms with van der Waals surface area (Å²) >= 11 is 0. The van der Waals surface area contributed by atoms with Crippen LogP contribution in [-0.2, 0) is 14.3 Å². The van der Waals surface area contributed by atoms with Gasteiger partial charge in [0.15, 0.2) is 0 Å². The standard InChI is InChI=1S/C12H20O3/c1-6-8(3)12(15-10(5)13)9(4)11(14)7-2/h6,8-9,12H,1,7H2,2-5H3/t8-,9+,12+/m1/s1. The Bertz CT molecular complexity index is 245. The smallest absolute Gasteiger partial charge is 0.302 e. The molecule has 3 nitrogen and oxygen atoms in total. The Hall–Kier alpha value is -1.12. The molecule has 0 saturated carbocycles. The molecule has 0 radical (unpaired) electrons. The fourth-order valence-electron chi connectivity index (χ4n) is 1.50. The highest BCUT2D eigenvalue weighted by Crippen LogP contribution is 2.20. The molecule has 3 heteroatoms. The van der Waals surface area contributed by atoms with Crippen LogP contribution in [0.1, 0.15) is 34.1 Å². The van der Waals surface area contributed by atoms with E-state index in [1.54, 1.807) is 13.0 Å². The summed E-state index contributed by atoms with van der Waals surface area (Å²) in [5.41, 5.74) is 0. The van der Waals surface area contributed by atoms with Gasteiger partial charge in [0.1, 0.15) is 11.9 Å². The lowest BCUT2D eigenvalue weighted by Gasteiger charge is -2.26. The number of carbonyl (C=O) groups is 2. The molecule has 0 unspecified atom stereocenters. The number of ether oxygens (including phenoxy) is 1. The molecule has 86 valence electrons. The lowest BCUT2D eigenvalue weighted by molar-refractivity contribution is -0.152. The monoisotopic (exact) mass is 212 g/mol. The maximum absolute atomic E-state index is 11.5. The second kappa shape index (κ2) is 6.38. The van der Waals surface area contributed by atoms with E-state index in [1.165, 1.54) is 6.92 Å². The number of hydrogen-bond acceptors (Lipinski definition) is 3. The molecule has 0 aliphatic carbocycles. The minimum Gasteiger partial charge on any atom is -0.461 e. The van der Waals surface area contributed by atoms with Gasteiger partial charge in [0.2, 0.25) is 0 Å². The van der Waals surface area contributed by atoms with E-state index in [-0.39, 0.29) is 23.6 Å². The number of ketones is 1. The van der Waals surface area contributed by atoms with Crippen LogP contribution in [0.5, 0.6) is 0 Å². The predicted molar refractivity (Wildman–Crippen MR) is 59.4 cm³/mol. The zero-order valence-electron chi connectivity index (χ0n) is 9.95. The van der Waals surface area contributed by atoms with Crippen molar-refractivity contribution < 1.29 is 14.3 Å². The highest BCUT2D eigenvalue weighted by Gasteiger charge is 2.28. The molecule has 0 bridgehead atoms. The summed E-state index contributed by atoms with van der Waals surface area (Å²) in [6.45, 7) is 10.5. The van der Waals surface area contributed by atoms with E-state index in [9.17, 15) is 9.59 Å². The van der Waals surface area contributed by atoms with Crippen molar-refractivity contribution in [1.82, 2.24) is 0 Å². The number of esters is 1. The topological polar surface area (TPSA) is 43.4 Å². The van der Waals surface area contributed by atoms with E-state index in [0.717, 1.165) is 0 Å². The summed E-state index contributed by atoms with van der Waals surface area (Å²) in [7, 11) is 0. The molecule has 0 N–H and O–H groups in total. The van der Waals surface area contributed by atoms with Crippen LogP contribution in [0.15, 0.2) is 12.7 Å². The summed E-state index contributed by atoms with van der Waals surface area (Å²) in [5.74, 6) is -0.536. The molecule has 0 aromatic rings. The second-order valence-corrected chi connectivity index (χ2v) is 3.78. The number of rotatable bonds is 6. The van der Waals surface area contributed by atoms with Crippen molar-refractivity contribution >= 4 is 11.8 Å².